The molecule has 1 fully saturated rings. The summed E-state index contributed by atoms with van der Waals surface area (Å²) in [7, 11) is 0. The molecule has 2 aliphatic heterocycles. The van der Waals surface area contributed by atoms with Gasteiger partial charge in [-0.2, -0.15) is 0 Å². The van der Waals surface area contributed by atoms with E-state index < -0.39 is 35.3 Å². The van der Waals surface area contributed by atoms with Crippen LogP contribution in [0.2, 0.25) is 0 Å². The number of aromatic nitrogens is 2. The third-order valence-corrected chi connectivity index (χ3v) is 8.53. The smallest absolute Gasteiger partial charge is 0.352 e. The summed E-state index contributed by atoms with van der Waals surface area (Å²) in [6, 6.07) is 2.69. The normalized spacial score (nSPS) is 18.4. The zero-order valence-electron chi connectivity index (χ0n) is 23.0. The standard InChI is InChI=1S/C25H30N8O6S2.2ClH/c1-2-15(9-26)39-31-18(16-12-41-25(28)29-16)21(35)30-19-22(36)33-20(24(37)38)14(11-40-23(19)33)10-32-7-5-13(6-8-32)3-4-17(27)34;;/h5-8,12,15,19,23H,2-4,9-11,26H2,1H3,(H5-,27,28,29,30,34,35,37,38);2*1H/p+1/t15?,19?,23-;;/m0../s1. The Bertz CT molecular complexity index is 1400. The topological polar surface area (TPSA) is 220 Å². The van der Waals surface area contributed by atoms with Crippen molar-refractivity contribution in [1.82, 2.24) is 15.2 Å². The summed E-state index contributed by atoms with van der Waals surface area (Å²) in [5.74, 6) is -2.55. The van der Waals surface area contributed by atoms with Gasteiger partial charge in [0.1, 0.15) is 28.9 Å². The van der Waals surface area contributed by atoms with Gasteiger partial charge in [0.05, 0.1) is 0 Å². The number of amides is 3. The summed E-state index contributed by atoms with van der Waals surface area (Å²) >= 11 is 2.47. The molecule has 3 amide bonds. The summed E-state index contributed by atoms with van der Waals surface area (Å²) in [5.41, 5.74) is 18.0. The van der Waals surface area contributed by atoms with Gasteiger partial charge in [0.15, 0.2) is 29.8 Å². The SMILES string of the molecule is CCC(CN)ON=C(C(=O)NC1C(=O)N2C(C(=O)O)=C(C[n+]3ccc(CCC(N)=O)cc3)CS[C@@H]12)c1csc(N)n1.Cl.Cl. The van der Waals surface area contributed by atoms with Crippen LogP contribution in [0.15, 0.2) is 46.3 Å². The Hall–Kier alpha value is -3.44. The molecule has 4 rings (SSSR count). The van der Waals surface area contributed by atoms with Crippen molar-refractivity contribution in [3.63, 3.8) is 0 Å². The van der Waals surface area contributed by atoms with Crippen LogP contribution in [0, 0.1) is 0 Å². The molecule has 1 saturated heterocycles. The fourth-order valence-corrected chi connectivity index (χ4v) is 6.16. The first-order chi connectivity index (χ1) is 19.6. The van der Waals surface area contributed by atoms with Crippen molar-refractivity contribution in [2.75, 3.05) is 18.0 Å². The van der Waals surface area contributed by atoms with E-state index in [0.29, 0.717) is 24.2 Å². The number of nitrogens with two attached hydrogens (primary N) is 3. The van der Waals surface area contributed by atoms with Crippen molar-refractivity contribution in [1.29, 1.82) is 0 Å². The van der Waals surface area contributed by atoms with E-state index >= 15 is 0 Å². The highest BCUT2D eigenvalue weighted by Crippen LogP contribution is 2.40. The van der Waals surface area contributed by atoms with Gasteiger partial charge in [0.2, 0.25) is 5.91 Å². The molecule has 2 unspecified atom stereocenters. The number of aryl methyl sites for hydroxylation is 1. The molecule has 18 heteroatoms. The molecular weight excluding hydrogens is 643 g/mol. The minimum atomic E-state index is -1.23. The lowest BCUT2D eigenvalue weighted by atomic mass is 10.0. The molecule has 2 aromatic rings. The number of carbonyl (C=O) groups excluding carboxylic acids is 3. The highest BCUT2D eigenvalue weighted by Gasteiger charge is 2.54. The average molecular weight is 677 g/mol. The van der Waals surface area contributed by atoms with Gasteiger partial charge >= 0.3 is 5.97 Å². The van der Waals surface area contributed by atoms with Gasteiger partial charge in [0.25, 0.3) is 11.8 Å². The Labute approximate surface area is 267 Å². The number of rotatable bonds is 13. The van der Waals surface area contributed by atoms with Gasteiger partial charge in [-0.15, -0.1) is 47.9 Å². The number of anilines is 1. The lowest BCUT2D eigenvalue weighted by molar-refractivity contribution is -0.689. The van der Waals surface area contributed by atoms with Crippen molar-refractivity contribution in [3.8, 4) is 0 Å². The number of pyridine rings is 1. The van der Waals surface area contributed by atoms with E-state index in [-0.39, 0.29) is 72.5 Å². The van der Waals surface area contributed by atoms with E-state index in [0.717, 1.165) is 16.9 Å². The maximum absolute atomic E-state index is 13.2. The minimum absolute atomic E-state index is 0. The van der Waals surface area contributed by atoms with Gasteiger partial charge in [0, 0.05) is 41.8 Å². The number of carboxylic acid groups (broad SMARTS) is 1. The Kier molecular flexibility index (Phi) is 13.2. The number of thioether (sulfide) groups is 1. The fraction of sp³-hybridized carbons (Fsp3) is 0.400. The van der Waals surface area contributed by atoms with Gasteiger partial charge < -0.3 is 32.5 Å². The number of fused-ring (bicyclic) bond motifs is 1. The molecule has 4 heterocycles. The van der Waals surface area contributed by atoms with E-state index in [1.54, 1.807) is 22.3 Å². The maximum Gasteiger partial charge on any atom is 0.352 e. The Morgan fingerprint density at radius 2 is 2.00 bits per heavy atom. The highest BCUT2D eigenvalue weighted by molar-refractivity contribution is 8.00. The number of oxime groups is 1. The van der Waals surface area contributed by atoms with Crippen molar-refractivity contribution >= 4 is 82.4 Å². The second kappa shape index (κ2) is 15.9. The highest BCUT2D eigenvalue weighted by atomic mass is 35.5. The van der Waals surface area contributed by atoms with Crippen LogP contribution in [0.1, 0.15) is 31.0 Å². The maximum atomic E-state index is 13.2. The molecule has 0 saturated carbocycles. The van der Waals surface area contributed by atoms with Crippen LogP contribution < -0.4 is 27.1 Å². The molecule has 8 N–H and O–H groups in total. The lowest BCUT2D eigenvalue weighted by Crippen LogP contribution is -2.71. The van der Waals surface area contributed by atoms with Crippen LogP contribution in [0.4, 0.5) is 5.13 Å². The number of β-lactam (4-membered cyclic amide) rings is 1. The molecule has 0 bridgehead atoms. The number of nitrogen functional groups attached to an aromatic ring is 1. The molecule has 0 spiro atoms. The number of thiazole rings is 1. The van der Waals surface area contributed by atoms with E-state index in [1.807, 2.05) is 19.1 Å². The Balaban J connectivity index is 0.00000323. The number of nitrogens with zero attached hydrogens (tertiary/aromatic N) is 4. The molecule has 0 radical (unpaired) electrons. The van der Waals surface area contributed by atoms with Crippen LogP contribution in [0.5, 0.6) is 0 Å². The Morgan fingerprint density at radius 1 is 1.30 bits per heavy atom. The number of hydrogen-bond acceptors (Lipinski definition) is 11. The number of hydrogen-bond donors (Lipinski definition) is 5. The van der Waals surface area contributed by atoms with Gasteiger partial charge in [-0.3, -0.25) is 19.3 Å². The van der Waals surface area contributed by atoms with Crippen LogP contribution in [-0.2, 0) is 37.0 Å². The van der Waals surface area contributed by atoms with E-state index in [2.05, 4.69) is 15.5 Å². The van der Waals surface area contributed by atoms with E-state index in [4.69, 9.17) is 22.0 Å². The van der Waals surface area contributed by atoms with Crippen molar-refractivity contribution in [2.24, 2.45) is 16.6 Å². The predicted molar refractivity (Wildman–Crippen MR) is 166 cm³/mol. The number of carbonyl (C=O) groups is 4. The molecule has 14 nitrogen and oxygen atoms in total. The van der Waals surface area contributed by atoms with Crippen LogP contribution in [-0.4, -0.2) is 74.2 Å². The first kappa shape index (κ1) is 35.8. The van der Waals surface area contributed by atoms with E-state index in [9.17, 15) is 24.3 Å². The summed E-state index contributed by atoms with van der Waals surface area (Å²) in [6.45, 7) is 2.29. The molecule has 43 heavy (non-hydrogen) atoms. The number of halogens is 2. The van der Waals surface area contributed by atoms with E-state index in [1.165, 1.54) is 16.7 Å². The minimum Gasteiger partial charge on any atom is -0.477 e. The fourth-order valence-electron chi connectivity index (χ4n) is 4.28. The van der Waals surface area contributed by atoms with Crippen LogP contribution in [0.25, 0.3) is 0 Å². The van der Waals surface area contributed by atoms with Crippen LogP contribution >= 0.6 is 47.9 Å². The summed E-state index contributed by atoms with van der Waals surface area (Å²) in [5, 5.41) is 17.8. The number of nitrogens with one attached hydrogen (secondary N) is 1. The van der Waals surface area contributed by atoms with Gasteiger partial charge in [-0.05, 0) is 18.4 Å². The number of primary amides is 1. The molecule has 234 valence electrons. The molecule has 2 aromatic heterocycles. The van der Waals surface area contributed by atoms with Crippen molar-refractivity contribution < 1.29 is 33.7 Å². The third kappa shape index (κ3) is 8.35. The predicted octanol–water partition coefficient (Wildman–Crippen LogP) is 0.171. The lowest BCUT2D eigenvalue weighted by Gasteiger charge is -2.49. The second-order valence-electron chi connectivity index (χ2n) is 9.35. The summed E-state index contributed by atoms with van der Waals surface area (Å²) in [4.78, 5) is 60.4. The third-order valence-electron chi connectivity index (χ3n) is 6.52. The van der Waals surface area contributed by atoms with Crippen molar-refractivity contribution in [3.05, 3.63) is 52.4 Å². The molecule has 0 aliphatic carbocycles. The zero-order chi connectivity index (χ0) is 29.7. The second-order valence-corrected chi connectivity index (χ2v) is 11.3. The summed E-state index contributed by atoms with van der Waals surface area (Å²) < 4.78 is 1.80. The Morgan fingerprint density at radius 3 is 2.56 bits per heavy atom. The van der Waals surface area contributed by atoms with Crippen LogP contribution in [0.3, 0.4) is 0 Å². The van der Waals surface area contributed by atoms with Gasteiger partial charge in [-0.25, -0.2) is 14.3 Å². The zero-order valence-corrected chi connectivity index (χ0v) is 26.3. The number of carboxylic acids is 1. The summed E-state index contributed by atoms with van der Waals surface area (Å²) in [6.07, 6.45) is 4.44. The molecular formula is C25H33Cl2N8O6S2+. The number of aliphatic carboxylic acids is 1. The van der Waals surface area contributed by atoms with Gasteiger partial charge in [-0.1, -0.05) is 12.1 Å². The largest absolute Gasteiger partial charge is 0.477 e. The quantitative estimate of drug-likeness (QED) is 0.0838. The first-order valence-electron chi connectivity index (χ1n) is 12.7. The molecule has 2 aliphatic rings. The monoisotopic (exact) mass is 675 g/mol. The molecule has 0 aromatic carbocycles. The van der Waals surface area contributed by atoms with Crippen molar-refractivity contribution in [2.45, 2.75) is 50.3 Å². The first-order valence-corrected chi connectivity index (χ1v) is 14.7. The molecule has 3 atom stereocenters. The average Bonchev–Trinajstić information content (AvgIpc) is 3.38.